The zero-order valence-electron chi connectivity index (χ0n) is 16.3. The number of hydrogen-bond donors (Lipinski definition) is 2. The van der Waals surface area contributed by atoms with E-state index in [4.69, 9.17) is 18.9 Å². The summed E-state index contributed by atoms with van der Waals surface area (Å²) in [4.78, 5) is 0. The first kappa shape index (κ1) is 19.9. The van der Waals surface area contributed by atoms with Gasteiger partial charge in [0.25, 0.3) is 0 Å². The molecule has 1 aromatic carbocycles. The first-order valence-corrected chi connectivity index (χ1v) is 9.03. The molecule has 1 unspecified atom stereocenters. The molecule has 1 heterocycles. The number of aliphatic hydroxyl groups is 1. The lowest BCUT2D eigenvalue weighted by molar-refractivity contribution is -0.309. The standard InChI is InChI=1S/C21H28O6/c1-6-7-14-10-18(25-4)21(23)20(12-14,26-5)13(2)19(27-21)15-8-9-16(22)17(11-15)24-3/h6,8-9,11-13,18-19,22-23H,1,7,10H2,2-5H3/t13-,18+,19+,20-,21?/m0/s1. The number of aromatic hydroxyl groups is 1. The smallest absolute Gasteiger partial charge is 0.227 e. The molecule has 2 aliphatic rings. The summed E-state index contributed by atoms with van der Waals surface area (Å²) < 4.78 is 23.0. The Morgan fingerprint density at radius 2 is 2.07 bits per heavy atom. The highest BCUT2D eigenvalue weighted by molar-refractivity contribution is 5.44. The van der Waals surface area contributed by atoms with Crippen molar-refractivity contribution in [3.05, 3.63) is 48.1 Å². The molecule has 1 aliphatic carbocycles. The average Bonchev–Trinajstić information content (AvgIpc) is 2.90. The van der Waals surface area contributed by atoms with Crippen LogP contribution in [-0.4, -0.2) is 49.0 Å². The van der Waals surface area contributed by atoms with E-state index in [9.17, 15) is 10.2 Å². The number of rotatable bonds is 6. The van der Waals surface area contributed by atoms with Crippen LogP contribution < -0.4 is 4.74 Å². The Bertz CT molecular complexity index is 744. The molecular formula is C21H28O6. The third-order valence-electron chi connectivity index (χ3n) is 5.86. The minimum atomic E-state index is -1.64. The Kier molecular flexibility index (Phi) is 5.36. The molecule has 1 aromatic rings. The van der Waals surface area contributed by atoms with Crippen molar-refractivity contribution in [1.82, 2.24) is 0 Å². The van der Waals surface area contributed by atoms with Crippen LogP contribution in [0.25, 0.3) is 0 Å². The third kappa shape index (κ3) is 2.88. The predicted octanol–water partition coefficient (Wildman–Crippen LogP) is 3.10. The van der Waals surface area contributed by atoms with Crippen molar-refractivity contribution in [3.8, 4) is 11.5 Å². The molecule has 0 radical (unpaired) electrons. The van der Waals surface area contributed by atoms with Crippen LogP contribution in [0.1, 0.15) is 31.4 Å². The Morgan fingerprint density at radius 3 is 2.67 bits per heavy atom. The minimum Gasteiger partial charge on any atom is -0.504 e. The summed E-state index contributed by atoms with van der Waals surface area (Å²) in [5, 5.41) is 21.5. The second-order valence-electron chi connectivity index (χ2n) is 7.18. The number of ether oxygens (including phenoxy) is 4. The molecule has 148 valence electrons. The summed E-state index contributed by atoms with van der Waals surface area (Å²) in [7, 11) is 4.63. The van der Waals surface area contributed by atoms with Gasteiger partial charge in [0, 0.05) is 26.6 Å². The lowest BCUT2D eigenvalue weighted by atomic mass is 9.71. The van der Waals surface area contributed by atoms with Gasteiger partial charge in [0.05, 0.1) is 13.2 Å². The monoisotopic (exact) mass is 376 g/mol. The summed E-state index contributed by atoms with van der Waals surface area (Å²) in [5.41, 5.74) is 0.799. The van der Waals surface area contributed by atoms with E-state index in [1.165, 1.54) is 7.11 Å². The van der Waals surface area contributed by atoms with E-state index in [0.717, 1.165) is 11.1 Å². The normalized spacial score (nSPS) is 35.4. The van der Waals surface area contributed by atoms with Crippen molar-refractivity contribution in [1.29, 1.82) is 0 Å². The van der Waals surface area contributed by atoms with Crippen LogP contribution in [0, 0.1) is 5.92 Å². The summed E-state index contributed by atoms with van der Waals surface area (Å²) in [6.45, 7) is 5.79. The summed E-state index contributed by atoms with van der Waals surface area (Å²) in [6.07, 6.45) is 3.96. The van der Waals surface area contributed by atoms with Gasteiger partial charge in [0.2, 0.25) is 5.79 Å². The van der Waals surface area contributed by atoms with Crippen molar-refractivity contribution in [2.45, 2.75) is 43.4 Å². The summed E-state index contributed by atoms with van der Waals surface area (Å²) in [6, 6.07) is 5.04. The van der Waals surface area contributed by atoms with E-state index in [1.54, 1.807) is 32.4 Å². The van der Waals surface area contributed by atoms with Crippen LogP contribution in [-0.2, 0) is 14.2 Å². The van der Waals surface area contributed by atoms with E-state index in [2.05, 4.69) is 6.58 Å². The number of benzene rings is 1. The van der Waals surface area contributed by atoms with Gasteiger partial charge in [0.15, 0.2) is 11.5 Å². The topological polar surface area (TPSA) is 77.4 Å². The van der Waals surface area contributed by atoms with Crippen LogP contribution >= 0.6 is 0 Å². The Hall–Kier alpha value is -1.86. The molecule has 2 N–H and O–H groups in total. The quantitative estimate of drug-likeness (QED) is 0.743. The fourth-order valence-electron chi connectivity index (χ4n) is 4.43. The largest absolute Gasteiger partial charge is 0.504 e. The Labute approximate surface area is 160 Å². The molecule has 1 saturated heterocycles. The maximum absolute atomic E-state index is 11.6. The van der Waals surface area contributed by atoms with Gasteiger partial charge < -0.3 is 29.2 Å². The highest BCUT2D eigenvalue weighted by atomic mass is 16.7. The molecule has 3 rings (SSSR count). The van der Waals surface area contributed by atoms with Gasteiger partial charge in [0.1, 0.15) is 11.7 Å². The third-order valence-corrected chi connectivity index (χ3v) is 5.86. The Balaban J connectivity index is 2.10. The highest BCUT2D eigenvalue weighted by Crippen LogP contribution is 2.57. The number of hydrogen-bond acceptors (Lipinski definition) is 6. The van der Waals surface area contributed by atoms with Crippen molar-refractivity contribution in [3.63, 3.8) is 0 Å². The first-order valence-electron chi connectivity index (χ1n) is 9.03. The first-order chi connectivity index (χ1) is 12.9. The highest BCUT2D eigenvalue weighted by Gasteiger charge is 2.68. The van der Waals surface area contributed by atoms with E-state index < -0.39 is 23.6 Å². The van der Waals surface area contributed by atoms with Gasteiger partial charge in [-0.3, -0.25) is 0 Å². The molecule has 0 amide bonds. The van der Waals surface area contributed by atoms with Crippen LogP contribution in [0.5, 0.6) is 11.5 Å². The van der Waals surface area contributed by atoms with Gasteiger partial charge in [-0.05, 0) is 30.2 Å². The lowest BCUT2D eigenvalue weighted by Gasteiger charge is -2.47. The van der Waals surface area contributed by atoms with Gasteiger partial charge in [-0.15, -0.1) is 6.58 Å². The number of allylic oxidation sites excluding steroid dienone is 1. The van der Waals surface area contributed by atoms with Crippen LogP contribution in [0.4, 0.5) is 0 Å². The van der Waals surface area contributed by atoms with E-state index >= 15 is 0 Å². The molecule has 0 spiro atoms. The van der Waals surface area contributed by atoms with Crippen LogP contribution in [0.15, 0.2) is 42.5 Å². The summed E-state index contributed by atoms with van der Waals surface area (Å²) in [5.74, 6) is -1.47. The Morgan fingerprint density at radius 1 is 1.33 bits per heavy atom. The molecule has 1 fully saturated rings. The molecule has 0 bridgehead atoms. The molecule has 5 atom stereocenters. The van der Waals surface area contributed by atoms with Crippen molar-refractivity contribution >= 4 is 0 Å². The fourth-order valence-corrected chi connectivity index (χ4v) is 4.43. The predicted molar refractivity (Wildman–Crippen MR) is 101 cm³/mol. The van der Waals surface area contributed by atoms with Gasteiger partial charge in [-0.1, -0.05) is 24.6 Å². The van der Waals surface area contributed by atoms with E-state index in [0.29, 0.717) is 18.6 Å². The second-order valence-corrected chi connectivity index (χ2v) is 7.18. The molecular weight excluding hydrogens is 348 g/mol. The maximum atomic E-state index is 11.6. The number of methoxy groups -OCH3 is 3. The molecule has 27 heavy (non-hydrogen) atoms. The van der Waals surface area contributed by atoms with E-state index in [1.807, 2.05) is 19.1 Å². The number of phenolic OH excluding ortho intramolecular Hbond substituents is 1. The second kappa shape index (κ2) is 7.28. The minimum absolute atomic E-state index is 0.0485. The number of fused-ring (bicyclic) bond motifs is 1. The average molecular weight is 376 g/mol. The van der Waals surface area contributed by atoms with Crippen molar-refractivity contribution < 1.29 is 29.2 Å². The van der Waals surface area contributed by atoms with Gasteiger partial charge in [-0.25, -0.2) is 0 Å². The van der Waals surface area contributed by atoms with E-state index in [-0.39, 0.29) is 11.7 Å². The molecule has 1 aliphatic heterocycles. The van der Waals surface area contributed by atoms with Gasteiger partial charge in [-0.2, -0.15) is 0 Å². The van der Waals surface area contributed by atoms with Crippen LogP contribution in [0.2, 0.25) is 0 Å². The van der Waals surface area contributed by atoms with Crippen molar-refractivity contribution in [2.75, 3.05) is 21.3 Å². The summed E-state index contributed by atoms with van der Waals surface area (Å²) >= 11 is 0. The molecule has 6 heteroatoms. The fraction of sp³-hybridized carbons (Fsp3) is 0.524. The van der Waals surface area contributed by atoms with Crippen molar-refractivity contribution in [2.24, 2.45) is 5.92 Å². The molecule has 0 aromatic heterocycles. The zero-order chi connectivity index (χ0) is 19.8. The number of phenols is 1. The zero-order valence-corrected chi connectivity index (χ0v) is 16.3. The van der Waals surface area contributed by atoms with Gasteiger partial charge >= 0.3 is 0 Å². The van der Waals surface area contributed by atoms with Crippen LogP contribution in [0.3, 0.4) is 0 Å². The molecule has 6 nitrogen and oxygen atoms in total. The SMILES string of the molecule is C=CCC1=C[C@]2(OC)[C@@H](C)[C@H](c3ccc(O)c(OC)c3)OC2(O)[C@H](OC)C1. The maximum Gasteiger partial charge on any atom is 0.227 e. The lowest BCUT2D eigenvalue weighted by Crippen LogP contribution is -2.63. The molecule has 0 saturated carbocycles.